The summed E-state index contributed by atoms with van der Waals surface area (Å²) < 4.78 is 27.6. The zero-order valence-electron chi connectivity index (χ0n) is 9.50. The van der Waals surface area contributed by atoms with Crippen molar-refractivity contribution in [1.82, 2.24) is 9.97 Å². The molecule has 7 heteroatoms. The molecule has 6 nitrogen and oxygen atoms in total. The fraction of sp³-hybridized carbons (Fsp3) is 0.300. The third-order valence-corrected chi connectivity index (χ3v) is 3.07. The Morgan fingerprint density at radius 1 is 1.59 bits per heavy atom. The molecule has 0 aliphatic heterocycles. The Hall–Kier alpha value is -1.76. The molecular formula is C10H12N2O4S. The maximum atomic E-state index is 11.4. The number of hydrogen-bond donors (Lipinski definition) is 0. The molecule has 17 heavy (non-hydrogen) atoms. The van der Waals surface area contributed by atoms with Crippen molar-refractivity contribution < 1.29 is 17.9 Å². The van der Waals surface area contributed by atoms with Gasteiger partial charge in [-0.05, 0) is 13.8 Å². The number of hydrogen-bond acceptors (Lipinski definition) is 6. The lowest BCUT2D eigenvalue weighted by Crippen LogP contribution is -2.12. The molecule has 0 aliphatic carbocycles. The summed E-state index contributed by atoms with van der Waals surface area (Å²) in [5.41, 5.74) is 0.397. The third kappa shape index (κ3) is 2.88. The lowest BCUT2D eigenvalue weighted by Gasteiger charge is -2.05. The lowest BCUT2D eigenvalue weighted by molar-refractivity contribution is 0.0524. The maximum Gasteiger partial charge on any atom is 0.341 e. The van der Waals surface area contributed by atoms with Gasteiger partial charge in [0.05, 0.1) is 17.9 Å². The monoisotopic (exact) mass is 256 g/mol. The van der Waals surface area contributed by atoms with E-state index in [2.05, 4.69) is 16.5 Å². The molecule has 1 aromatic heterocycles. The highest BCUT2D eigenvalue weighted by molar-refractivity contribution is 7.94. The molecule has 0 radical (unpaired) electrons. The van der Waals surface area contributed by atoms with Gasteiger partial charge in [0.2, 0.25) is 9.84 Å². The van der Waals surface area contributed by atoms with E-state index in [9.17, 15) is 13.2 Å². The minimum Gasteiger partial charge on any atom is -0.462 e. The van der Waals surface area contributed by atoms with Gasteiger partial charge in [-0.3, -0.25) is 0 Å². The van der Waals surface area contributed by atoms with Crippen molar-refractivity contribution >= 4 is 15.8 Å². The van der Waals surface area contributed by atoms with Crippen LogP contribution < -0.4 is 0 Å². The van der Waals surface area contributed by atoms with Crippen LogP contribution in [0.25, 0.3) is 0 Å². The number of sulfone groups is 1. The van der Waals surface area contributed by atoms with Gasteiger partial charge in [-0.25, -0.2) is 23.2 Å². The van der Waals surface area contributed by atoms with Crippen LogP contribution in [0.15, 0.2) is 23.3 Å². The molecule has 0 aromatic carbocycles. The van der Waals surface area contributed by atoms with Crippen LogP contribution in [0.2, 0.25) is 0 Å². The number of esters is 1. The Morgan fingerprint density at radius 3 is 2.71 bits per heavy atom. The molecule has 1 aromatic rings. The molecule has 0 N–H and O–H groups in total. The fourth-order valence-corrected chi connectivity index (χ4v) is 1.68. The molecule has 0 unspecified atom stereocenters. The summed E-state index contributed by atoms with van der Waals surface area (Å²) in [6, 6.07) is 0. The molecule has 92 valence electrons. The van der Waals surface area contributed by atoms with Gasteiger partial charge < -0.3 is 4.74 Å². The summed E-state index contributed by atoms with van der Waals surface area (Å²) in [5, 5.41) is 0.379. The van der Waals surface area contributed by atoms with Gasteiger partial charge in [-0.15, -0.1) is 0 Å². The highest BCUT2D eigenvalue weighted by Crippen LogP contribution is 2.10. The highest BCUT2D eigenvalue weighted by Gasteiger charge is 2.18. The summed E-state index contributed by atoms with van der Waals surface area (Å²) >= 11 is 0. The molecule has 0 spiro atoms. The predicted octanol–water partition coefficient (Wildman–Crippen LogP) is 0.879. The Kier molecular flexibility index (Phi) is 3.95. The number of aryl methyl sites for hydroxylation is 1. The zero-order chi connectivity index (χ0) is 13.1. The van der Waals surface area contributed by atoms with Gasteiger partial charge in [0.25, 0.3) is 5.16 Å². The van der Waals surface area contributed by atoms with Crippen LogP contribution >= 0.6 is 0 Å². The van der Waals surface area contributed by atoms with Crippen LogP contribution in [0, 0.1) is 6.92 Å². The maximum absolute atomic E-state index is 11.4. The molecule has 0 aliphatic rings. The third-order valence-electron chi connectivity index (χ3n) is 1.93. The number of carbonyl (C=O) groups excluding carboxylic acids is 1. The summed E-state index contributed by atoms with van der Waals surface area (Å²) in [4.78, 5) is 18.8. The second-order valence-corrected chi connectivity index (χ2v) is 4.87. The molecular weight excluding hydrogens is 244 g/mol. The number of rotatable bonds is 4. The Labute approximate surface area is 99.3 Å². The molecule has 0 fully saturated rings. The standard InChI is InChI=1S/C10H12N2O4S/c1-4-16-9(13)8-6-11-10(12-7(8)3)17(14,15)5-2/h5-6H,2,4H2,1,3H3. The first-order valence-electron chi connectivity index (χ1n) is 4.80. The second-order valence-electron chi connectivity index (χ2n) is 3.08. The minimum absolute atomic E-state index is 0.148. The summed E-state index contributed by atoms with van der Waals surface area (Å²) in [5.74, 6) is -0.576. The second kappa shape index (κ2) is 5.05. The van der Waals surface area contributed by atoms with Crippen molar-refractivity contribution in [2.45, 2.75) is 19.0 Å². The fourth-order valence-electron chi connectivity index (χ4n) is 1.07. The van der Waals surface area contributed by atoms with Crippen molar-refractivity contribution in [2.75, 3.05) is 6.61 Å². The van der Waals surface area contributed by atoms with Gasteiger partial charge in [0.15, 0.2) is 0 Å². The first kappa shape index (κ1) is 13.3. The van der Waals surface area contributed by atoms with Crippen molar-refractivity contribution in [1.29, 1.82) is 0 Å². The first-order valence-corrected chi connectivity index (χ1v) is 6.35. The number of nitrogens with zero attached hydrogens (tertiary/aromatic N) is 2. The quantitative estimate of drug-likeness (QED) is 0.587. The van der Waals surface area contributed by atoms with Crippen LogP contribution in [0.5, 0.6) is 0 Å². The molecule has 1 rings (SSSR count). The zero-order valence-corrected chi connectivity index (χ0v) is 10.3. The van der Waals surface area contributed by atoms with E-state index in [0.29, 0.717) is 0 Å². The molecule has 1 heterocycles. The average molecular weight is 256 g/mol. The van der Waals surface area contributed by atoms with Crippen LogP contribution in [0.4, 0.5) is 0 Å². The van der Waals surface area contributed by atoms with E-state index in [4.69, 9.17) is 4.74 Å². The number of carbonyl (C=O) groups is 1. The molecule has 0 saturated carbocycles. The Morgan fingerprint density at radius 2 is 2.24 bits per heavy atom. The van der Waals surface area contributed by atoms with E-state index in [0.717, 1.165) is 11.6 Å². The van der Waals surface area contributed by atoms with Crippen molar-refractivity contribution in [3.05, 3.63) is 29.4 Å². The van der Waals surface area contributed by atoms with E-state index < -0.39 is 15.8 Å². The van der Waals surface area contributed by atoms with E-state index in [1.165, 1.54) is 6.92 Å². The Bertz CT molecular complexity index is 551. The van der Waals surface area contributed by atoms with E-state index in [1.54, 1.807) is 6.92 Å². The average Bonchev–Trinajstić information content (AvgIpc) is 2.29. The molecule has 0 bridgehead atoms. The summed E-state index contributed by atoms with van der Waals surface area (Å²) in [6.45, 7) is 6.57. The van der Waals surface area contributed by atoms with Crippen molar-refractivity contribution in [3.63, 3.8) is 0 Å². The summed E-state index contributed by atoms with van der Waals surface area (Å²) in [6.07, 6.45) is 1.14. The highest BCUT2D eigenvalue weighted by atomic mass is 32.2. The van der Waals surface area contributed by atoms with E-state index in [1.807, 2.05) is 0 Å². The number of aromatic nitrogens is 2. The van der Waals surface area contributed by atoms with Crippen LogP contribution in [-0.4, -0.2) is 31.0 Å². The van der Waals surface area contributed by atoms with Crippen LogP contribution in [0.3, 0.4) is 0 Å². The van der Waals surface area contributed by atoms with Crippen LogP contribution in [-0.2, 0) is 14.6 Å². The van der Waals surface area contributed by atoms with Crippen molar-refractivity contribution in [2.24, 2.45) is 0 Å². The molecule has 0 saturated heterocycles. The van der Waals surface area contributed by atoms with Gasteiger partial charge in [-0.2, -0.15) is 0 Å². The molecule has 0 amide bonds. The van der Waals surface area contributed by atoms with Crippen LogP contribution in [0.1, 0.15) is 23.0 Å². The SMILES string of the molecule is C=CS(=O)(=O)c1ncc(C(=O)OCC)c(C)n1. The van der Waals surface area contributed by atoms with Gasteiger partial charge in [-0.1, -0.05) is 6.58 Å². The summed E-state index contributed by atoms with van der Waals surface area (Å²) in [7, 11) is -3.69. The van der Waals surface area contributed by atoms with Crippen molar-refractivity contribution in [3.8, 4) is 0 Å². The minimum atomic E-state index is -3.69. The largest absolute Gasteiger partial charge is 0.462 e. The van der Waals surface area contributed by atoms with E-state index >= 15 is 0 Å². The normalized spacial score (nSPS) is 10.9. The lowest BCUT2D eigenvalue weighted by atomic mass is 10.2. The topological polar surface area (TPSA) is 86.2 Å². The predicted molar refractivity (Wildman–Crippen MR) is 60.1 cm³/mol. The van der Waals surface area contributed by atoms with Gasteiger partial charge >= 0.3 is 5.97 Å². The van der Waals surface area contributed by atoms with Gasteiger partial charge in [0, 0.05) is 11.6 Å². The number of ether oxygens (including phenoxy) is 1. The smallest absolute Gasteiger partial charge is 0.341 e. The van der Waals surface area contributed by atoms with E-state index in [-0.39, 0.29) is 23.0 Å². The Balaban J connectivity index is 3.19. The van der Waals surface area contributed by atoms with Gasteiger partial charge in [0.1, 0.15) is 0 Å². The molecule has 0 atom stereocenters. The first-order chi connectivity index (χ1) is 7.92.